The van der Waals surface area contributed by atoms with Crippen LogP contribution in [-0.2, 0) is 4.94 Å². The quantitative estimate of drug-likeness (QED) is 0.784. The third-order valence-corrected chi connectivity index (χ3v) is 4.04. The number of nitrogens with zero attached hydrogens (tertiary/aromatic N) is 1. The minimum absolute atomic E-state index is 0.130. The fourth-order valence-corrected chi connectivity index (χ4v) is 2.84. The van der Waals surface area contributed by atoms with Crippen molar-refractivity contribution in [3.8, 4) is 0 Å². The first-order valence-corrected chi connectivity index (χ1v) is 7.03. The normalized spacial score (nSPS) is 19.4. The molecule has 20 heavy (non-hydrogen) atoms. The number of hydrogen-bond acceptors (Lipinski definition) is 2. The summed E-state index contributed by atoms with van der Waals surface area (Å²) < 4.78 is 25.3. The second-order valence-electron chi connectivity index (χ2n) is 5.42. The fourth-order valence-electron chi connectivity index (χ4n) is 2.84. The van der Waals surface area contributed by atoms with Crippen LogP contribution in [0.5, 0.6) is 0 Å². The highest BCUT2D eigenvalue weighted by molar-refractivity contribution is 5.66. The molecule has 0 N–H and O–H groups in total. The van der Waals surface area contributed by atoms with Crippen LogP contribution in [0.2, 0.25) is 0 Å². The molecule has 0 spiro atoms. The molecule has 1 saturated heterocycles. The first-order valence-electron chi connectivity index (χ1n) is 7.03. The van der Waals surface area contributed by atoms with Crippen LogP contribution in [0.15, 0.2) is 24.8 Å². The van der Waals surface area contributed by atoms with Gasteiger partial charge >= 0.3 is 0 Å². The Morgan fingerprint density at radius 3 is 3.05 bits per heavy atom. The van der Waals surface area contributed by atoms with Gasteiger partial charge in [-0.2, -0.15) is 4.94 Å². The van der Waals surface area contributed by atoms with Gasteiger partial charge in [0.25, 0.3) is 0 Å². The van der Waals surface area contributed by atoms with E-state index in [0.29, 0.717) is 0 Å². The number of halogens is 2. The molecular formula is C16H21F2NO. The second kappa shape index (κ2) is 6.95. The van der Waals surface area contributed by atoms with E-state index in [9.17, 15) is 8.92 Å². The Morgan fingerprint density at radius 2 is 2.30 bits per heavy atom. The average molecular weight is 281 g/mol. The minimum atomic E-state index is -0.239. The molecule has 0 bridgehead atoms. The van der Waals surface area contributed by atoms with E-state index in [4.69, 9.17) is 0 Å². The summed E-state index contributed by atoms with van der Waals surface area (Å²) in [6.45, 7) is 7.91. The molecule has 1 aliphatic heterocycles. The highest BCUT2D eigenvalue weighted by atomic mass is 19.3. The molecule has 0 aromatic heterocycles. The van der Waals surface area contributed by atoms with Crippen LogP contribution in [-0.4, -0.2) is 30.6 Å². The van der Waals surface area contributed by atoms with Crippen LogP contribution >= 0.6 is 0 Å². The molecule has 1 aromatic rings. The van der Waals surface area contributed by atoms with Crippen LogP contribution in [0.3, 0.4) is 0 Å². The number of hydrogen-bond donors (Lipinski definition) is 0. The molecule has 0 unspecified atom stereocenters. The van der Waals surface area contributed by atoms with Gasteiger partial charge < -0.3 is 0 Å². The van der Waals surface area contributed by atoms with Crippen molar-refractivity contribution < 1.29 is 13.9 Å². The summed E-state index contributed by atoms with van der Waals surface area (Å²) in [6, 6.07) is 4.91. The lowest BCUT2D eigenvalue weighted by atomic mass is 9.99. The summed E-state index contributed by atoms with van der Waals surface area (Å²) in [5.74, 6) is -0.239. The van der Waals surface area contributed by atoms with Gasteiger partial charge in [0.2, 0.25) is 0 Å². The van der Waals surface area contributed by atoms with E-state index in [1.807, 2.05) is 6.92 Å². The van der Waals surface area contributed by atoms with Crippen LogP contribution in [0.25, 0.3) is 5.57 Å². The third kappa shape index (κ3) is 3.64. The Balaban J connectivity index is 1.93. The van der Waals surface area contributed by atoms with E-state index in [-0.39, 0.29) is 18.5 Å². The highest BCUT2D eigenvalue weighted by Crippen LogP contribution is 2.24. The van der Waals surface area contributed by atoms with Gasteiger partial charge in [-0.25, -0.2) is 4.39 Å². The average Bonchev–Trinajstić information content (AvgIpc) is 2.87. The van der Waals surface area contributed by atoms with E-state index in [2.05, 4.69) is 16.4 Å². The Kier molecular flexibility index (Phi) is 5.26. The van der Waals surface area contributed by atoms with Crippen molar-refractivity contribution in [3.05, 3.63) is 41.7 Å². The predicted octanol–water partition coefficient (Wildman–Crippen LogP) is 3.90. The monoisotopic (exact) mass is 281 g/mol. The topological polar surface area (TPSA) is 12.5 Å². The third-order valence-electron chi connectivity index (χ3n) is 4.04. The van der Waals surface area contributed by atoms with E-state index in [0.717, 1.165) is 49.1 Å². The summed E-state index contributed by atoms with van der Waals surface area (Å²) in [5, 5.41) is 0. The molecule has 1 heterocycles. The van der Waals surface area contributed by atoms with Gasteiger partial charge in [-0.05, 0) is 66.1 Å². The van der Waals surface area contributed by atoms with Crippen molar-refractivity contribution in [2.24, 2.45) is 0 Å². The number of benzene rings is 1. The molecule has 1 atom stereocenters. The number of aryl methyl sites for hydroxylation is 1. The zero-order valence-corrected chi connectivity index (χ0v) is 11.9. The van der Waals surface area contributed by atoms with Gasteiger partial charge in [-0.3, -0.25) is 4.90 Å². The van der Waals surface area contributed by atoms with E-state index >= 15 is 0 Å². The number of rotatable bonds is 6. The van der Waals surface area contributed by atoms with Gasteiger partial charge in [0, 0.05) is 12.6 Å². The van der Waals surface area contributed by atoms with Gasteiger partial charge in [0.15, 0.2) is 0 Å². The summed E-state index contributed by atoms with van der Waals surface area (Å²) in [7, 11) is 0. The van der Waals surface area contributed by atoms with Gasteiger partial charge in [-0.15, -0.1) is 0 Å². The first-order chi connectivity index (χ1) is 9.61. The largest absolute Gasteiger partial charge is 0.298 e. The molecule has 0 saturated carbocycles. The lowest BCUT2D eigenvalue weighted by molar-refractivity contribution is -0.146. The van der Waals surface area contributed by atoms with Crippen molar-refractivity contribution >= 4 is 5.57 Å². The lowest BCUT2D eigenvalue weighted by Crippen LogP contribution is -2.33. The van der Waals surface area contributed by atoms with Gasteiger partial charge in [0.1, 0.15) is 12.4 Å². The molecule has 1 aliphatic rings. The van der Waals surface area contributed by atoms with Gasteiger partial charge in [0.05, 0.1) is 0 Å². The Labute approximate surface area is 118 Å². The fraction of sp³-hybridized carbons (Fsp3) is 0.500. The summed E-state index contributed by atoms with van der Waals surface area (Å²) in [6.07, 6.45) is 2.79. The highest BCUT2D eigenvalue weighted by Gasteiger charge is 2.24. The SMILES string of the molecule is C=C(CCN1CCC[C@H]1COF)c1cc(F)ccc1C. The number of likely N-dealkylation sites (tertiary alicyclic amines) is 1. The maximum absolute atomic E-state index is 13.3. The Hall–Kier alpha value is -1.26. The van der Waals surface area contributed by atoms with Crippen molar-refractivity contribution in [1.82, 2.24) is 4.90 Å². The van der Waals surface area contributed by atoms with Crippen LogP contribution in [0.4, 0.5) is 8.92 Å². The summed E-state index contributed by atoms with van der Waals surface area (Å²) in [5.41, 5.74) is 2.83. The molecule has 0 amide bonds. The van der Waals surface area contributed by atoms with Crippen LogP contribution in [0.1, 0.15) is 30.4 Å². The van der Waals surface area contributed by atoms with Crippen molar-refractivity contribution in [2.45, 2.75) is 32.2 Å². The zero-order chi connectivity index (χ0) is 14.5. The molecule has 1 aromatic carbocycles. The van der Waals surface area contributed by atoms with Crippen molar-refractivity contribution in [2.75, 3.05) is 19.7 Å². The molecule has 0 aliphatic carbocycles. The molecule has 0 radical (unpaired) electrons. The van der Waals surface area contributed by atoms with Crippen molar-refractivity contribution in [1.29, 1.82) is 0 Å². The lowest BCUT2D eigenvalue weighted by Gasteiger charge is -2.23. The maximum Gasteiger partial charge on any atom is 0.123 e. The minimum Gasteiger partial charge on any atom is -0.298 e. The smallest absolute Gasteiger partial charge is 0.123 e. The molecule has 110 valence electrons. The Morgan fingerprint density at radius 1 is 1.50 bits per heavy atom. The molecule has 1 fully saturated rings. The van der Waals surface area contributed by atoms with Crippen LogP contribution < -0.4 is 0 Å². The van der Waals surface area contributed by atoms with Crippen molar-refractivity contribution in [3.63, 3.8) is 0 Å². The first kappa shape index (κ1) is 15.1. The molecule has 4 heteroatoms. The second-order valence-corrected chi connectivity index (χ2v) is 5.42. The molecule has 2 rings (SSSR count). The zero-order valence-electron chi connectivity index (χ0n) is 11.9. The van der Waals surface area contributed by atoms with Crippen LogP contribution in [0, 0.1) is 12.7 Å². The predicted molar refractivity (Wildman–Crippen MR) is 76.4 cm³/mol. The van der Waals surface area contributed by atoms with Gasteiger partial charge in [-0.1, -0.05) is 12.6 Å². The Bertz CT molecular complexity index is 476. The molecule has 2 nitrogen and oxygen atoms in total. The standard InChI is InChI=1S/C16H21F2NO/c1-12-5-6-14(17)10-16(12)13(2)7-9-19-8-3-4-15(19)11-20-18/h5-6,10,15H,2-4,7-9,11H2,1H3/t15-/m0/s1. The van der Waals surface area contributed by atoms with E-state index < -0.39 is 0 Å². The van der Waals surface area contributed by atoms with E-state index in [1.165, 1.54) is 12.1 Å². The summed E-state index contributed by atoms with van der Waals surface area (Å²) in [4.78, 5) is 5.99. The van der Waals surface area contributed by atoms with E-state index in [1.54, 1.807) is 6.07 Å². The molecular weight excluding hydrogens is 260 g/mol. The summed E-state index contributed by atoms with van der Waals surface area (Å²) >= 11 is 0. The maximum atomic E-state index is 13.3.